The summed E-state index contributed by atoms with van der Waals surface area (Å²) in [5.41, 5.74) is 3.45. The van der Waals surface area contributed by atoms with Gasteiger partial charge < -0.3 is 10.7 Å². The Balaban J connectivity index is 2.24. The van der Waals surface area contributed by atoms with E-state index in [1.54, 1.807) is 11.3 Å². The number of hydrazine groups is 1. The summed E-state index contributed by atoms with van der Waals surface area (Å²) in [5, 5.41) is 6.56. The number of nitrogens with zero attached hydrogens (tertiary/aromatic N) is 1. The quantitative estimate of drug-likeness (QED) is 0.386. The van der Waals surface area contributed by atoms with Crippen LogP contribution in [-0.2, 0) is 6.42 Å². The van der Waals surface area contributed by atoms with E-state index in [4.69, 9.17) is 18.1 Å². The topological polar surface area (TPSA) is 63.0 Å². The Hall–Kier alpha value is -0.720. The third-order valence-electron chi connectivity index (χ3n) is 1.46. The molecule has 0 saturated heterocycles. The normalized spacial score (nSPS) is 9.69. The maximum atomic E-state index is 5.09. The monoisotopic (exact) mass is 216 g/mol. The van der Waals surface area contributed by atoms with Crippen LogP contribution in [-0.4, -0.2) is 16.6 Å². The lowest BCUT2D eigenvalue weighted by Gasteiger charge is -2.04. The van der Waals surface area contributed by atoms with Crippen molar-refractivity contribution >= 4 is 28.7 Å². The smallest absolute Gasteiger partial charge is 0.180 e. The van der Waals surface area contributed by atoms with Crippen molar-refractivity contribution in [2.24, 2.45) is 5.84 Å². The van der Waals surface area contributed by atoms with Crippen molar-refractivity contribution in [2.45, 2.75) is 13.3 Å². The molecule has 1 aromatic rings. The van der Waals surface area contributed by atoms with Gasteiger partial charge in [-0.25, -0.2) is 10.8 Å². The summed E-state index contributed by atoms with van der Waals surface area (Å²) >= 11 is 6.47. The van der Waals surface area contributed by atoms with Crippen molar-refractivity contribution in [3.8, 4) is 0 Å². The van der Waals surface area contributed by atoms with Crippen LogP contribution in [0.5, 0.6) is 0 Å². The van der Waals surface area contributed by atoms with Crippen molar-refractivity contribution in [3.63, 3.8) is 0 Å². The van der Waals surface area contributed by atoms with Crippen LogP contribution in [0, 0.1) is 6.92 Å². The standard InChI is InChI=1S/C7H12N4S2/c1-5-10-6(4-13-5)2-3-9-7(12)11-8/h4H,2-3,8H2,1H3,(H2,9,11,12). The molecule has 0 amide bonds. The molecule has 72 valence electrons. The summed E-state index contributed by atoms with van der Waals surface area (Å²) in [6, 6.07) is 0. The van der Waals surface area contributed by atoms with E-state index in [1.807, 2.05) is 6.92 Å². The zero-order chi connectivity index (χ0) is 9.68. The molecule has 1 heterocycles. The fraction of sp³-hybridized carbons (Fsp3) is 0.429. The first-order chi connectivity index (χ1) is 6.22. The second kappa shape index (κ2) is 5.11. The number of aromatic nitrogens is 1. The van der Waals surface area contributed by atoms with Crippen LogP contribution in [0.1, 0.15) is 10.7 Å². The molecule has 0 saturated carbocycles. The molecule has 6 heteroatoms. The molecule has 0 aromatic carbocycles. The predicted molar refractivity (Wildman–Crippen MR) is 58.5 cm³/mol. The molecular weight excluding hydrogens is 204 g/mol. The molecule has 1 rings (SSSR count). The number of rotatable bonds is 3. The highest BCUT2D eigenvalue weighted by Crippen LogP contribution is 2.07. The van der Waals surface area contributed by atoms with E-state index >= 15 is 0 Å². The zero-order valence-corrected chi connectivity index (χ0v) is 8.97. The highest BCUT2D eigenvalue weighted by Gasteiger charge is 1.97. The number of hydrogen-bond donors (Lipinski definition) is 3. The molecule has 1 aromatic heterocycles. The first-order valence-electron chi connectivity index (χ1n) is 3.88. The molecule has 4 N–H and O–H groups in total. The SMILES string of the molecule is Cc1nc(CCNC(=S)NN)cs1. The van der Waals surface area contributed by atoms with Gasteiger partial charge in [0.2, 0.25) is 0 Å². The Bertz CT molecular complexity index is 284. The van der Waals surface area contributed by atoms with Gasteiger partial charge in [0.15, 0.2) is 5.11 Å². The molecule has 0 atom stereocenters. The fourth-order valence-corrected chi connectivity index (χ4v) is 1.63. The molecule has 0 fully saturated rings. The third kappa shape index (κ3) is 3.67. The Morgan fingerprint density at radius 1 is 1.77 bits per heavy atom. The van der Waals surface area contributed by atoms with Crippen molar-refractivity contribution in [1.82, 2.24) is 15.7 Å². The Labute approximate surface area is 86.5 Å². The van der Waals surface area contributed by atoms with Gasteiger partial charge in [-0.15, -0.1) is 11.3 Å². The van der Waals surface area contributed by atoms with Gasteiger partial charge in [-0.1, -0.05) is 0 Å². The van der Waals surface area contributed by atoms with Crippen molar-refractivity contribution in [1.29, 1.82) is 0 Å². The average molecular weight is 216 g/mol. The molecule has 4 nitrogen and oxygen atoms in total. The molecule has 0 aliphatic heterocycles. The van der Waals surface area contributed by atoms with Gasteiger partial charge in [-0.05, 0) is 19.1 Å². The number of nitrogens with one attached hydrogen (secondary N) is 2. The number of thiocarbonyl (C=S) groups is 1. The minimum Gasteiger partial charge on any atom is -0.361 e. The van der Waals surface area contributed by atoms with E-state index in [0.717, 1.165) is 23.7 Å². The van der Waals surface area contributed by atoms with E-state index in [0.29, 0.717) is 5.11 Å². The molecule has 0 spiro atoms. The largest absolute Gasteiger partial charge is 0.361 e. The van der Waals surface area contributed by atoms with E-state index in [1.165, 1.54) is 0 Å². The molecule has 0 bridgehead atoms. The summed E-state index contributed by atoms with van der Waals surface area (Å²) in [4.78, 5) is 4.32. The molecule has 0 radical (unpaired) electrons. The van der Waals surface area contributed by atoms with Gasteiger partial charge in [0.05, 0.1) is 10.7 Å². The lowest BCUT2D eigenvalue weighted by Crippen LogP contribution is -2.40. The van der Waals surface area contributed by atoms with E-state index < -0.39 is 0 Å². The highest BCUT2D eigenvalue weighted by molar-refractivity contribution is 7.80. The molecule has 0 unspecified atom stereocenters. The van der Waals surface area contributed by atoms with Crippen LogP contribution in [0.15, 0.2) is 5.38 Å². The second-order valence-corrected chi connectivity index (χ2v) is 3.98. The minimum atomic E-state index is 0.465. The maximum absolute atomic E-state index is 5.09. The number of aryl methyl sites for hydroxylation is 1. The van der Waals surface area contributed by atoms with Crippen LogP contribution in [0.4, 0.5) is 0 Å². The maximum Gasteiger partial charge on any atom is 0.180 e. The molecule has 13 heavy (non-hydrogen) atoms. The van der Waals surface area contributed by atoms with E-state index in [-0.39, 0.29) is 0 Å². The van der Waals surface area contributed by atoms with Crippen LogP contribution >= 0.6 is 23.6 Å². The molecular formula is C7H12N4S2. The number of nitrogens with two attached hydrogens (primary N) is 1. The van der Waals surface area contributed by atoms with Crippen LogP contribution < -0.4 is 16.6 Å². The highest BCUT2D eigenvalue weighted by atomic mass is 32.1. The molecule has 0 aliphatic carbocycles. The average Bonchev–Trinajstić information content (AvgIpc) is 2.51. The van der Waals surface area contributed by atoms with Gasteiger partial charge in [0.1, 0.15) is 0 Å². The zero-order valence-electron chi connectivity index (χ0n) is 7.33. The fourth-order valence-electron chi connectivity index (χ4n) is 0.878. The Morgan fingerprint density at radius 3 is 3.08 bits per heavy atom. The van der Waals surface area contributed by atoms with Crippen molar-refractivity contribution < 1.29 is 0 Å². The van der Waals surface area contributed by atoms with Gasteiger partial charge in [0.25, 0.3) is 0 Å². The Kier molecular flexibility index (Phi) is 4.07. The van der Waals surface area contributed by atoms with Gasteiger partial charge >= 0.3 is 0 Å². The lowest BCUT2D eigenvalue weighted by molar-refractivity contribution is 0.821. The van der Waals surface area contributed by atoms with Gasteiger partial charge in [0, 0.05) is 18.3 Å². The molecule has 0 aliphatic rings. The van der Waals surface area contributed by atoms with Crippen molar-refractivity contribution in [3.05, 3.63) is 16.1 Å². The number of thiazole rings is 1. The summed E-state index contributed by atoms with van der Waals surface area (Å²) in [7, 11) is 0. The first-order valence-corrected chi connectivity index (χ1v) is 5.16. The van der Waals surface area contributed by atoms with Gasteiger partial charge in [-0.3, -0.25) is 0 Å². The van der Waals surface area contributed by atoms with Crippen LogP contribution in [0.25, 0.3) is 0 Å². The second-order valence-electron chi connectivity index (χ2n) is 2.51. The summed E-state index contributed by atoms with van der Waals surface area (Å²) in [5.74, 6) is 5.09. The predicted octanol–water partition coefficient (Wildman–Crippen LogP) is 0.332. The minimum absolute atomic E-state index is 0.465. The van der Waals surface area contributed by atoms with E-state index in [9.17, 15) is 0 Å². The van der Waals surface area contributed by atoms with Crippen molar-refractivity contribution in [2.75, 3.05) is 6.54 Å². The Morgan fingerprint density at radius 2 is 2.54 bits per heavy atom. The third-order valence-corrected chi connectivity index (χ3v) is 2.55. The summed E-state index contributed by atoms with van der Waals surface area (Å²) in [6.07, 6.45) is 0.867. The first kappa shape index (κ1) is 10.4. The van der Waals surface area contributed by atoms with Crippen LogP contribution in [0.2, 0.25) is 0 Å². The lowest BCUT2D eigenvalue weighted by atomic mass is 10.3. The number of hydrogen-bond acceptors (Lipinski definition) is 4. The summed E-state index contributed by atoms with van der Waals surface area (Å²) < 4.78 is 0. The van der Waals surface area contributed by atoms with E-state index in [2.05, 4.69) is 21.1 Å². The van der Waals surface area contributed by atoms with Gasteiger partial charge in [-0.2, -0.15) is 0 Å². The summed E-state index contributed by atoms with van der Waals surface area (Å²) in [6.45, 7) is 2.75. The van der Waals surface area contributed by atoms with Crippen LogP contribution in [0.3, 0.4) is 0 Å².